The van der Waals surface area contributed by atoms with Crippen LogP contribution in [0.5, 0.6) is 0 Å². The summed E-state index contributed by atoms with van der Waals surface area (Å²) in [5, 5.41) is 3.49. The molecule has 0 radical (unpaired) electrons. The Morgan fingerprint density at radius 2 is 2.15 bits per heavy atom. The number of guanidine groups is 1. The molecule has 0 aromatic rings. The minimum absolute atomic E-state index is 0.878. The lowest BCUT2D eigenvalue weighted by Gasteiger charge is -2.29. The van der Waals surface area contributed by atoms with Crippen molar-refractivity contribution >= 4 is 5.96 Å². The lowest BCUT2D eigenvalue weighted by Crippen LogP contribution is -2.40. The van der Waals surface area contributed by atoms with E-state index in [-0.39, 0.29) is 0 Å². The van der Waals surface area contributed by atoms with Crippen LogP contribution in [-0.4, -0.2) is 63.1 Å². The van der Waals surface area contributed by atoms with Crippen molar-refractivity contribution in [1.82, 2.24) is 15.1 Å². The van der Waals surface area contributed by atoms with E-state index >= 15 is 0 Å². The van der Waals surface area contributed by atoms with E-state index in [0.717, 1.165) is 37.8 Å². The third-order valence-electron chi connectivity index (χ3n) is 4.15. The summed E-state index contributed by atoms with van der Waals surface area (Å²) < 4.78 is 0. The fourth-order valence-corrected chi connectivity index (χ4v) is 2.70. The number of hydrogen-bond acceptors (Lipinski definition) is 2. The van der Waals surface area contributed by atoms with Crippen molar-refractivity contribution in [2.75, 3.05) is 47.3 Å². The normalized spacial score (nSPS) is 18.1. The van der Waals surface area contributed by atoms with Crippen LogP contribution in [0.1, 0.15) is 32.1 Å². The van der Waals surface area contributed by atoms with Crippen molar-refractivity contribution in [3.8, 4) is 0 Å². The summed E-state index contributed by atoms with van der Waals surface area (Å²) in [6.07, 6.45) is 8.11. The van der Waals surface area contributed by atoms with Crippen molar-refractivity contribution in [2.45, 2.75) is 32.1 Å². The fraction of sp³-hybridized carbons (Fsp3) is 0.812. The van der Waals surface area contributed by atoms with Crippen molar-refractivity contribution in [2.24, 2.45) is 10.9 Å². The number of nitrogens with one attached hydrogen (secondary N) is 1. The van der Waals surface area contributed by atoms with E-state index in [0.29, 0.717) is 0 Å². The number of unbranched alkanes of at least 4 members (excludes halogenated alkanes) is 1. The van der Waals surface area contributed by atoms with Gasteiger partial charge in [-0.2, -0.15) is 0 Å². The zero-order valence-electron chi connectivity index (χ0n) is 13.6. The Hall–Kier alpha value is -1.03. The molecular weight excluding hydrogens is 248 g/mol. The van der Waals surface area contributed by atoms with Gasteiger partial charge in [0.25, 0.3) is 0 Å². The number of aliphatic imine (C=N–C) groups is 1. The summed E-state index contributed by atoms with van der Waals surface area (Å²) in [4.78, 5) is 8.99. The molecule has 1 aliphatic rings. The standard InChI is InChI=1S/C16H32N4/c1-5-6-7-12-20(4)16(17-2)18-11-8-15-9-13-19(3)14-10-15/h5,15H,1,6-14H2,2-4H3,(H,17,18). The molecule has 116 valence electrons. The number of likely N-dealkylation sites (tertiary alicyclic amines) is 1. The van der Waals surface area contributed by atoms with Gasteiger partial charge in [0.15, 0.2) is 5.96 Å². The van der Waals surface area contributed by atoms with Gasteiger partial charge in [0.2, 0.25) is 0 Å². The second kappa shape index (κ2) is 9.81. The van der Waals surface area contributed by atoms with Gasteiger partial charge in [0.1, 0.15) is 0 Å². The summed E-state index contributed by atoms with van der Waals surface area (Å²) in [6.45, 7) is 8.33. The lowest BCUT2D eigenvalue weighted by molar-refractivity contribution is 0.212. The molecule has 0 spiro atoms. The quantitative estimate of drug-likeness (QED) is 0.336. The van der Waals surface area contributed by atoms with Crippen LogP contribution in [0.15, 0.2) is 17.6 Å². The first-order chi connectivity index (χ1) is 9.67. The maximum Gasteiger partial charge on any atom is 0.193 e. The van der Waals surface area contributed by atoms with Gasteiger partial charge < -0.3 is 15.1 Å². The molecule has 0 atom stereocenters. The Morgan fingerprint density at radius 3 is 2.75 bits per heavy atom. The predicted molar refractivity (Wildman–Crippen MR) is 88.3 cm³/mol. The maximum atomic E-state index is 4.36. The predicted octanol–water partition coefficient (Wildman–Crippen LogP) is 2.19. The first-order valence-corrected chi connectivity index (χ1v) is 7.88. The molecule has 0 saturated carbocycles. The number of piperidine rings is 1. The molecule has 4 heteroatoms. The molecule has 1 saturated heterocycles. The Labute approximate surface area is 124 Å². The molecule has 0 aliphatic carbocycles. The van der Waals surface area contributed by atoms with Gasteiger partial charge in [-0.3, -0.25) is 4.99 Å². The fourth-order valence-electron chi connectivity index (χ4n) is 2.70. The van der Waals surface area contributed by atoms with E-state index in [1.165, 1.54) is 32.4 Å². The molecule has 1 N–H and O–H groups in total. The monoisotopic (exact) mass is 280 g/mol. The first-order valence-electron chi connectivity index (χ1n) is 7.88. The molecule has 4 nitrogen and oxygen atoms in total. The van der Waals surface area contributed by atoms with E-state index in [4.69, 9.17) is 0 Å². The Bertz CT molecular complexity index is 293. The number of rotatable bonds is 7. The van der Waals surface area contributed by atoms with Crippen LogP contribution in [0.4, 0.5) is 0 Å². The highest BCUT2D eigenvalue weighted by Crippen LogP contribution is 2.18. The average Bonchev–Trinajstić information content (AvgIpc) is 2.45. The van der Waals surface area contributed by atoms with Gasteiger partial charge in [-0.1, -0.05) is 6.08 Å². The van der Waals surface area contributed by atoms with Crippen molar-refractivity contribution in [3.63, 3.8) is 0 Å². The smallest absolute Gasteiger partial charge is 0.193 e. The summed E-state index contributed by atoms with van der Waals surface area (Å²) in [6, 6.07) is 0. The second-order valence-corrected chi connectivity index (χ2v) is 5.86. The van der Waals surface area contributed by atoms with E-state index < -0.39 is 0 Å². The molecule has 1 aliphatic heterocycles. The van der Waals surface area contributed by atoms with Crippen molar-refractivity contribution in [1.29, 1.82) is 0 Å². The highest BCUT2D eigenvalue weighted by Gasteiger charge is 2.16. The topological polar surface area (TPSA) is 30.9 Å². The van der Waals surface area contributed by atoms with Gasteiger partial charge in [0, 0.05) is 27.2 Å². The molecule has 0 aromatic carbocycles. The zero-order valence-corrected chi connectivity index (χ0v) is 13.6. The van der Waals surface area contributed by atoms with Gasteiger partial charge in [-0.25, -0.2) is 0 Å². The van der Waals surface area contributed by atoms with Gasteiger partial charge in [-0.15, -0.1) is 6.58 Å². The Balaban J connectivity index is 2.19. The highest BCUT2D eigenvalue weighted by atomic mass is 15.3. The van der Waals surface area contributed by atoms with Gasteiger partial charge in [0.05, 0.1) is 0 Å². The molecule has 1 rings (SSSR count). The summed E-state index contributed by atoms with van der Waals surface area (Å²) in [7, 11) is 6.18. The minimum atomic E-state index is 0.878. The van der Waals surface area contributed by atoms with E-state index in [1.54, 1.807) is 0 Å². The maximum absolute atomic E-state index is 4.36. The van der Waals surface area contributed by atoms with Crippen LogP contribution in [0, 0.1) is 5.92 Å². The Morgan fingerprint density at radius 1 is 1.45 bits per heavy atom. The van der Waals surface area contributed by atoms with Gasteiger partial charge in [-0.05, 0) is 58.2 Å². The Kier molecular flexibility index (Phi) is 8.35. The van der Waals surface area contributed by atoms with Crippen molar-refractivity contribution in [3.05, 3.63) is 12.7 Å². The number of hydrogen-bond donors (Lipinski definition) is 1. The summed E-state index contributed by atoms with van der Waals surface area (Å²) >= 11 is 0. The molecule has 1 fully saturated rings. The van der Waals surface area contributed by atoms with Crippen molar-refractivity contribution < 1.29 is 0 Å². The summed E-state index contributed by atoms with van der Waals surface area (Å²) in [5.74, 6) is 1.89. The van der Waals surface area contributed by atoms with E-state index in [9.17, 15) is 0 Å². The molecule has 0 unspecified atom stereocenters. The molecule has 0 amide bonds. The van der Waals surface area contributed by atoms with E-state index in [1.807, 2.05) is 13.1 Å². The zero-order chi connectivity index (χ0) is 14.8. The summed E-state index contributed by atoms with van der Waals surface area (Å²) in [5.41, 5.74) is 0. The van der Waals surface area contributed by atoms with Crippen LogP contribution in [0.3, 0.4) is 0 Å². The van der Waals surface area contributed by atoms with Crippen LogP contribution in [0.25, 0.3) is 0 Å². The second-order valence-electron chi connectivity index (χ2n) is 5.86. The number of nitrogens with zero attached hydrogens (tertiary/aromatic N) is 3. The van der Waals surface area contributed by atoms with Crippen LogP contribution >= 0.6 is 0 Å². The van der Waals surface area contributed by atoms with Crippen LogP contribution < -0.4 is 5.32 Å². The number of allylic oxidation sites excluding steroid dienone is 1. The lowest BCUT2D eigenvalue weighted by atomic mass is 9.94. The average molecular weight is 280 g/mol. The molecule has 0 bridgehead atoms. The molecule has 1 heterocycles. The third kappa shape index (κ3) is 6.42. The van der Waals surface area contributed by atoms with Gasteiger partial charge >= 0.3 is 0 Å². The van der Waals surface area contributed by atoms with Crippen LogP contribution in [0.2, 0.25) is 0 Å². The van der Waals surface area contributed by atoms with E-state index in [2.05, 4.69) is 40.8 Å². The minimum Gasteiger partial charge on any atom is -0.356 e. The molecular formula is C16H32N4. The highest BCUT2D eigenvalue weighted by molar-refractivity contribution is 5.79. The van der Waals surface area contributed by atoms with Crippen LogP contribution in [-0.2, 0) is 0 Å². The largest absolute Gasteiger partial charge is 0.356 e. The molecule has 20 heavy (non-hydrogen) atoms. The molecule has 0 aromatic heterocycles. The SMILES string of the molecule is C=CCCCN(C)C(=NC)NCCC1CCN(C)CC1. The third-order valence-corrected chi connectivity index (χ3v) is 4.15. The first kappa shape index (κ1) is 17.0.